The third kappa shape index (κ3) is 2.17. The van der Waals surface area contributed by atoms with Crippen molar-refractivity contribution in [2.24, 2.45) is 0 Å². The molecule has 2 aromatic rings. The Hall–Kier alpha value is -2.26. The van der Waals surface area contributed by atoms with E-state index in [9.17, 15) is 4.39 Å². The molecule has 0 fully saturated rings. The van der Waals surface area contributed by atoms with Gasteiger partial charge in [-0.25, -0.2) is 4.39 Å². The number of fused-ring (bicyclic) bond motifs is 1. The molecule has 0 aliphatic carbocycles. The van der Waals surface area contributed by atoms with Gasteiger partial charge in [-0.2, -0.15) is 5.26 Å². The van der Waals surface area contributed by atoms with E-state index in [1.54, 1.807) is 24.3 Å². The number of benzene rings is 2. The highest BCUT2D eigenvalue weighted by molar-refractivity contribution is 9.10. The molecule has 1 heterocycles. The van der Waals surface area contributed by atoms with Crippen LogP contribution >= 0.6 is 15.9 Å². The Balaban J connectivity index is 1.92. The number of anilines is 2. The molecule has 0 unspecified atom stereocenters. The number of hydrogen-bond donors (Lipinski definition) is 1. The Kier molecular flexibility index (Phi) is 3.20. The molecule has 0 saturated carbocycles. The maximum atomic E-state index is 14.1. The van der Waals surface area contributed by atoms with Crippen LogP contribution in [0.5, 0.6) is 11.5 Å². The average molecular weight is 335 g/mol. The standard InChI is InChI=1S/C14H8BrFN2O2/c15-13-8(6-17)1-3-10(14(13)16)18-9-2-4-11-12(5-9)20-7-19-11/h1-5,18H,7H2. The minimum absolute atomic E-state index is 0.144. The molecule has 1 aliphatic rings. The van der Waals surface area contributed by atoms with Crippen molar-refractivity contribution in [2.75, 3.05) is 12.1 Å². The maximum Gasteiger partial charge on any atom is 0.231 e. The number of rotatable bonds is 2. The third-order valence-corrected chi connectivity index (χ3v) is 3.63. The molecule has 0 saturated heterocycles. The molecule has 20 heavy (non-hydrogen) atoms. The van der Waals surface area contributed by atoms with E-state index in [0.717, 1.165) is 0 Å². The summed E-state index contributed by atoms with van der Waals surface area (Å²) in [5, 5.41) is 11.8. The van der Waals surface area contributed by atoms with Gasteiger partial charge >= 0.3 is 0 Å². The Bertz CT molecular complexity index is 728. The highest BCUT2D eigenvalue weighted by Crippen LogP contribution is 2.36. The molecule has 0 amide bonds. The summed E-state index contributed by atoms with van der Waals surface area (Å²) in [6.45, 7) is 0.190. The lowest BCUT2D eigenvalue weighted by Crippen LogP contribution is -1.96. The Labute approximate surface area is 122 Å². The second kappa shape index (κ2) is 5.02. The van der Waals surface area contributed by atoms with Crippen molar-refractivity contribution >= 4 is 27.3 Å². The largest absolute Gasteiger partial charge is 0.454 e. The van der Waals surface area contributed by atoms with E-state index in [-0.39, 0.29) is 22.5 Å². The van der Waals surface area contributed by atoms with Crippen LogP contribution in [0.1, 0.15) is 5.56 Å². The number of nitrogens with zero attached hydrogens (tertiary/aromatic N) is 1. The lowest BCUT2D eigenvalue weighted by molar-refractivity contribution is 0.174. The van der Waals surface area contributed by atoms with Crippen LogP contribution in [-0.2, 0) is 0 Å². The number of hydrogen-bond acceptors (Lipinski definition) is 4. The first-order valence-corrected chi connectivity index (χ1v) is 6.53. The zero-order valence-corrected chi connectivity index (χ0v) is 11.7. The predicted octanol–water partition coefficient (Wildman–Crippen LogP) is 3.93. The molecule has 4 nitrogen and oxygen atoms in total. The van der Waals surface area contributed by atoms with Crippen molar-refractivity contribution in [3.8, 4) is 17.6 Å². The molecule has 0 atom stereocenters. The molecule has 0 spiro atoms. The minimum atomic E-state index is -0.512. The summed E-state index contributed by atoms with van der Waals surface area (Å²) < 4.78 is 24.7. The predicted molar refractivity (Wildman–Crippen MR) is 74.7 cm³/mol. The fourth-order valence-electron chi connectivity index (χ4n) is 1.86. The highest BCUT2D eigenvalue weighted by Gasteiger charge is 2.15. The number of ether oxygens (including phenoxy) is 2. The van der Waals surface area contributed by atoms with E-state index in [1.807, 2.05) is 6.07 Å². The molecule has 0 radical (unpaired) electrons. The quantitative estimate of drug-likeness (QED) is 0.903. The van der Waals surface area contributed by atoms with Crippen LogP contribution in [0, 0.1) is 17.1 Å². The molecule has 100 valence electrons. The van der Waals surface area contributed by atoms with Gasteiger partial charge in [-0.05, 0) is 40.2 Å². The van der Waals surface area contributed by atoms with E-state index in [2.05, 4.69) is 21.2 Å². The zero-order valence-electron chi connectivity index (χ0n) is 10.1. The van der Waals surface area contributed by atoms with Crippen LogP contribution < -0.4 is 14.8 Å². The van der Waals surface area contributed by atoms with E-state index in [4.69, 9.17) is 14.7 Å². The van der Waals surface area contributed by atoms with E-state index in [0.29, 0.717) is 17.2 Å². The molecule has 3 rings (SSSR count). The lowest BCUT2D eigenvalue weighted by Gasteiger charge is -2.10. The highest BCUT2D eigenvalue weighted by atomic mass is 79.9. The normalized spacial score (nSPS) is 12.1. The van der Waals surface area contributed by atoms with Crippen LogP contribution in [0.4, 0.5) is 15.8 Å². The van der Waals surface area contributed by atoms with Crippen molar-refractivity contribution in [1.29, 1.82) is 5.26 Å². The van der Waals surface area contributed by atoms with Crippen LogP contribution in [-0.4, -0.2) is 6.79 Å². The van der Waals surface area contributed by atoms with Gasteiger partial charge < -0.3 is 14.8 Å². The van der Waals surface area contributed by atoms with Gasteiger partial charge in [-0.15, -0.1) is 0 Å². The van der Waals surface area contributed by atoms with Crippen LogP contribution in [0.3, 0.4) is 0 Å². The smallest absolute Gasteiger partial charge is 0.231 e. The fraction of sp³-hybridized carbons (Fsp3) is 0.0714. The number of nitrogens with one attached hydrogen (secondary N) is 1. The lowest BCUT2D eigenvalue weighted by atomic mass is 10.2. The molecule has 1 aliphatic heterocycles. The van der Waals surface area contributed by atoms with Crippen LogP contribution in [0.2, 0.25) is 0 Å². The molecular weight excluding hydrogens is 327 g/mol. The van der Waals surface area contributed by atoms with Crippen LogP contribution in [0.25, 0.3) is 0 Å². The maximum absolute atomic E-state index is 14.1. The SMILES string of the molecule is N#Cc1ccc(Nc2ccc3c(c2)OCO3)c(F)c1Br. The summed E-state index contributed by atoms with van der Waals surface area (Å²) in [7, 11) is 0. The van der Waals surface area contributed by atoms with Crippen molar-refractivity contribution in [3.05, 3.63) is 46.2 Å². The summed E-state index contributed by atoms with van der Waals surface area (Å²) in [5.74, 6) is 0.766. The van der Waals surface area contributed by atoms with Gasteiger partial charge in [0.2, 0.25) is 6.79 Å². The molecule has 2 aromatic carbocycles. The molecule has 1 N–H and O–H groups in total. The van der Waals surface area contributed by atoms with Gasteiger partial charge in [0.15, 0.2) is 17.3 Å². The van der Waals surface area contributed by atoms with Gasteiger partial charge in [0, 0.05) is 11.8 Å². The summed E-state index contributed by atoms with van der Waals surface area (Å²) >= 11 is 3.07. The molecule has 6 heteroatoms. The third-order valence-electron chi connectivity index (χ3n) is 2.85. The Morgan fingerprint density at radius 3 is 2.80 bits per heavy atom. The second-order valence-electron chi connectivity index (χ2n) is 4.09. The number of nitriles is 1. The first-order chi connectivity index (χ1) is 9.69. The summed E-state index contributed by atoms with van der Waals surface area (Å²) in [5.41, 5.74) is 1.19. The minimum Gasteiger partial charge on any atom is -0.454 e. The zero-order chi connectivity index (χ0) is 14.1. The van der Waals surface area contributed by atoms with Gasteiger partial charge in [-0.1, -0.05) is 0 Å². The van der Waals surface area contributed by atoms with Gasteiger partial charge in [-0.3, -0.25) is 0 Å². The average Bonchev–Trinajstić information content (AvgIpc) is 2.92. The van der Waals surface area contributed by atoms with E-state index >= 15 is 0 Å². The van der Waals surface area contributed by atoms with E-state index < -0.39 is 5.82 Å². The second-order valence-corrected chi connectivity index (χ2v) is 4.89. The Morgan fingerprint density at radius 2 is 2.00 bits per heavy atom. The molecule has 0 bridgehead atoms. The summed E-state index contributed by atoms with van der Waals surface area (Å²) in [4.78, 5) is 0. The van der Waals surface area contributed by atoms with Crippen molar-refractivity contribution in [1.82, 2.24) is 0 Å². The number of halogens is 2. The van der Waals surface area contributed by atoms with Crippen molar-refractivity contribution in [2.45, 2.75) is 0 Å². The van der Waals surface area contributed by atoms with Crippen molar-refractivity contribution < 1.29 is 13.9 Å². The van der Waals surface area contributed by atoms with Crippen molar-refractivity contribution in [3.63, 3.8) is 0 Å². The Morgan fingerprint density at radius 1 is 1.20 bits per heavy atom. The monoisotopic (exact) mass is 334 g/mol. The first-order valence-electron chi connectivity index (χ1n) is 5.74. The van der Waals surface area contributed by atoms with E-state index in [1.165, 1.54) is 6.07 Å². The molecule has 0 aromatic heterocycles. The fourth-order valence-corrected chi connectivity index (χ4v) is 2.30. The topological polar surface area (TPSA) is 54.3 Å². The molecular formula is C14H8BrFN2O2. The van der Waals surface area contributed by atoms with Crippen LogP contribution in [0.15, 0.2) is 34.8 Å². The van der Waals surface area contributed by atoms with Gasteiger partial charge in [0.1, 0.15) is 6.07 Å². The van der Waals surface area contributed by atoms with Gasteiger partial charge in [0.25, 0.3) is 0 Å². The summed E-state index contributed by atoms with van der Waals surface area (Å²) in [6.07, 6.45) is 0. The first kappa shape index (κ1) is 12.8. The summed E-state index contributed by atoms with van der Waals surface area (Å²) in [6, 6.07) is 10.2. The van der Waals surface area contributed by atoms with Gasteiger partial charge in [0.05, 0.1) is 15.7 Å².